The van der Waals surface area contributed by atoms with E-state index in [0.717, 1.165) is 0 Å². The Morgan fingerprint density at radius 3 is 2.46 bits per heavy atom. The third-order valence-corrected chi connectivity index (χ3v) is 3.25. The lowest BCUT2D eigenvalue weighted by Gasteiger charge is -2.18. The second-order valence-corrected chi connectivity index (χ2v) is 6.65. The zero-order chi connectivity index (χ0) is 20.7. The monoisotopic (exact) mass is 388 g/mol. The van der Waals surface area contributed by atoms with Gasteiger partial charge in [-0.15, -0.1) is 0 Å². The van der Waals surface area contributed by atoms with Crippen molar-refractivity contribution in [1.82, 2.24) is 5.43 Å². The normalized spacial score (nSPS) is 11.2. The summed E-state index contributed by atoms with van der Waals surface area (Å²) in [4.78, 5) is 23.7. The summed E-state index contributed by atoms with van der Waals surface area (Å²) >= 11 is 0. The summed E-state index contributed by atoms with van der Waals surface area (Å²) in [6, 6.07) is 10.1. The number of esters is 1. The molecule has 0 bridgehead atoms. The van der Waals surface area contributed by atoms with Crippen LogP contribution in [0.15, 0.2) is 47.6 Å². The highest BCUT2D eigenvalue weighted by Crippen LogP contribution is 2.28. The lowest BCUT2D eigenvalue weighted by Crippen LogP contribution is -2.29. The zero-order valence-corrected chi connectivity index (χ0v) is 16.0. The van der Waals surface area contributed by atoms with Crippen molar-refractivity contribution in [3.8, 4) is 11.5 Å². The molecular formula is C20H21FN2O5. The first-order valence-electron chi connectivity index (χ1n) is 8.36. The average Bonchev–Trinajstić information content (AvgIpc) is 2.61. The van der Waals surface area contributed by atoms with Crippen LogP contribution in [-0.2, 0) is 4.74 Å². The molecule has 0 spiro atoms. The summed E-state index contributed by atoms with van der Waals surface area (Å²) in [6.07, 6.45) is 0.681. The van der Waals surface area contributed by atoms with Gasteiger partial charge in [-0.1, -0.05) is 12.1 Å². The van der Waals surface area contributed by atoms with Crippen molar-refractivity contribution >= 4 is 18.3 Å². The van der Waals surface area contributed by atoms with E-state index in [1.165, 1.54) is 43.7 Å². The number of carbonyl (C=O) groups excluding carboxylic acids is 2. The summed E-state index contributed by atoms with van der Waals surface area (Å²) in [5.74, 6) is -1.16. The molecule has 0 saturated carbocycles. The molecule has 0 saturated heterocycles. The van der Waals surface area contributed by atoms with Crippen LogP contribution in [0.5, 0.6) is 11.5 Å². The molecule has 0 aliphatic carbocycles. The number of amides is 1. The van der Waals surface area contributed by atoms with Crippen LogP contribution in [-0.4, -0.2) is 31.0 Å². The predicted molar refractivity (Wildman–Crippen MR) is 101 cm³/mol. The molecule has 1 amide bonds. The Bertz CT molecular complexity index is 890. The molecule has 0 aromatic heterocycles. The van der Waals surface area contributed by atoms with Crippen LogP contribution in [0.1, 0.15) is 36.7 Å². The van der Waals surface area contributed by atoms with Crippen molar-refractivity contribution < 1.29 is 28.2 Å². The molecule has 0 unspecified atom stereocenters. The van der Waals surface area contributed by atoms with Crippen molar-refractivity contribution in [1.29, 1.82) is 0 Å². The Morgan fingerprint density at radius 2 is 1.82 bits per heavy atom. The summed E-state index contributed by atoms with van der Waals surface area (Å²) in [7, 11) is 1.40. The fourth-order valence-electron chi connectivity index (χ4n) is 2.09. The van der Waals surface area contributed by atoms with Crippen molar-refractivity contribution in [2.24, 2.45) is 5.10 Å². The molecule has 0 aliphatic heterocycles. The second kappa shape index (κ2) is 8.98. The van der Waals surface area contributed by atoms with E-state index in [1.54, 1.807) is 32.9 Å². The molecule has 148 valence electrons. The number of hydrogen-bond acceptors (Lipinski definition) is 6. The number of halogens is 1. The Hall–Kier alpha value is -3.42. The molecule has 0 radical (unpaired) electrons. The number of ether oxygens (including phenoxy) is 3. The molecule has 0 atom stereocenters. The average molecular weight is 388 g/mol. The zero-order valence-electron chi connectivity index (χ0n) is 16.0. The number of carbonyl (C=O) groups is 2. The highest BCUT2D eigenvalue weighted by atomic mass is 19.1. The third-order valence-electron chi connectivity index (χ3n) is 3.25. The van der Waals surface area contributed by atoms with E-state index in [9.17, 15) is 14.0 Å². The van der Waals surface area contributed by atoms with Gasteiger partial charge in [0.2, 0.25) is 0 Å². The van der Waals surface area contributed by atoms with E-state index in [-0.39, 0.29) is 17.1 Å². The molecule has 0 aliphatic rings. The van der Waals surface area contributed by atoms with Crippen LogP contribution in [0.2, 0.25) is 0 Å². The number of benzene rings is 2. The van der Waals surface area contributed by atoms with Gasteiger partial charge < -0.3 is 14.2 Å². The van der Waals surface area contributed by atoms with Crippen LogP contribution in [0, 0.1) is 5.82 Å². The van der Waals surface area contributed by atoms with Crippen molar-refractivity contribution in [2.75, 3.05) is 7.11 Å². The number of methoxy groups -OCH3 is 1. The molecule has 8 heteroatoms. The maximum absolute atomic E-state index is 13.7. The van der Waals surface area contributed by atoms with Crippen molar-refractivity contribution in [3.63, 3.8) is 0 Å². The number of rotatable bonds is 5. The summed E-state index contributed by atoms with van der Waals surface area (Å²) in [5.41, 5.74) is 1.99. The van der Waals surface area contributed by atoms with Crippen LogP contribution in [0.4, 0.5) is 9.18 Å². The molecule has 2 aromatic rings. The van der Waals surface area contributed by atoms with Crippen molar-refractivity contribution in [3.05, 3.63) is 59.4 Å². The smallest absolute Gasteiger partial charge is 0.428 e. The summed E-state index contributed by atoms with van der Waals surface area (Å²) < 4.78 is 29.2. The van der Waals surface area contributed by atoms with E-state index >= 15 is 0 Å². The third kappa shape index (κ3) is 6.08. The number of hydrogen-bond donors (Lipinski definition) is 1. The fourth-order valence-corrected chi connectivity index (χ4v) is 2.09. The molecule has 7 nitrogen and oxygen atoms in total. The summed E-state index contributed by atoms with van der Waals surface area (Å²) in [6.45, 7) is 5.22. The van der Waals surface area contributed by atoms with E-state index in [0.29, 0.717) is 5.56 Å². The standard InChI is InChI=1S/C20H21FN2O5/c1-20(2,3)28-19(25)23-22-12-13-9-10-16(17(11-13)26-4)27-18(24)14-7-5-6-8-15(14)21/h5-12H,1-4H3,(H,23,25)/b22-12+. The first-order chi connectivity index (χ1) is 13.2. The molecule has 1 N–H and O–H groups in total. The lowest BCUT2D eigenvalue weighted by molar-refractivity contribution is 0.0529. The van der Waals surface area contributed by atoms with Gasteiger partial charge in [-0.05, 0) is 56.7 Å². The predicted octanol–water partition coefficient (Wildman–Crippen LogP) is 3.91. The highest BCUT2D eigenvalue weighted by Gasteiger charge is 2.17. The van der Waals surface area contributed by atoms with Gasteiger partial charge in [0.1, 0.15) is 11.4 Å². The molecule has 2 aromatic carbocycles. The molecule has 28 heavy (non-hydrogen) atoms. The molecule has 0 heterocycles. The van der Waals surface area contributed by atoms with Crippen molar-refractivity contribution in [2.45, 2.75) is 26.4 Å². The number of nitrogens with one attached hydrogen (secondary N) is 1. The van der Waals surface area contributed by atoms with Gasteiger partial charge in [-0.25, -0.2) is 19.4 Å². The Kier molecular flexibility index (Phi) is 6.70. The van der Waals surface area contributed by atoms with Crippen LogP contribution in [0.3, 0.4) is 0 Å². The first-order valence-corrected chi connectivity index (χ1v) is 8.36. The van der Waals surface area contributed by atoms with Gasteiger partial charge in [0.25, 0.3) is 0 Å². The Balaban J connectivity index is 2.07. The number of hydrazone groups is 1. The summed E-state index contributed by atoms with van der Waals surface area (Å²) in [5, 5.41) is 3.79. The maximum Gasteiger partial charge on any atom is 0.428 e. The van der Waals surface area contributed by atoms with Crippen LogP contribution >= 0.6 is 0 Å². The Labute approximate surface area is 162 Å². The maximum atomic E-state index is 13.7. The van der Waals surface area contributed by atoms with E-state index < -0.39 is 23.5 Å². The lowest BCUT2D eigenvalue weighted by atomic mass is 10.2. The van der Waals surface area contributed by atoms with Gasteiger partial charge in [-0.2, -0.15) is 5.10 Å². The minimum absolute atomic E-state index is 0.119. The van der Waals surface area contributed by atoms with E-state index in [4.69, 9.17) is 14.2 Å². The highest BCUT2D eigenvalue weighted by molar-refractivity contribution is 5.92. The van der Waals surface area contributed by atoms with Gasteiger partial charge >= 0.3 is 12.1 Å². The van der Waals surface area contributed by atoms with Gasteiger partial charge in [-0.3, -0.25) is 0 Å². The molecule has 0 fully saturated rings. The SMILES string of the molecule is COc1cc(/C=N/NC(=O)OC(C)(C)C)ccc1OC(=O)c1ccccc1F. The Morgan fingerprint density at radius 1 is 1.11 bits per heavy atom. The van der Waals surface area contributed by atoms with Gasteiger partial charge in [0, 0.05) is 0 Å². The van der Waals surface area contributed by atoms with Crippen LogP contribution in [0.25, 0.3) is 0 Å². The van der Waals surface area contributed by atoms with E-state index in [2.05, 4.69) is 10.5 Å². The van der Waals surface area contributed by atoms with Crippen LogP contribution < -0.4 is 14.9 Å². The minimum Gasteiger partial charge on any atom is -0.493 e. The first kappa shape index (κ1) is 20.9. The fraction of sp³-hybridized carbons (Fsp3) is 0.250. The number of nitrogens with zero attached hydrogens (tertiary/aromatic N) is 1. The topological polar surface area (TPSA) is 86.2 Å². The molecule has 2 rings (SSSR count). The van der Waals surface area contributed by atoms with Gasteiger partial charge in [0.05, 0.1) is 18.9 Å². The van der Waals surface area contributed by atoms with Gasteiger partial charge in [0.15, 0.2) is 11.5 Å². The minimum atomic E-state index is -0.843. The quantitative estimate of drug-likeness (QED) is 0.363. The van der Waals surface area contributed by atoms with E-state index in [1.807, 2.05) is 0 Å². The largest absolute Gasteiger partial charge is 0.493 e. The molecular weight excluding hydrogens is 367 g/mol. The second-order valence-electron chi connectivity index (χ2n) is 6.65.